The molecule has 0 aliphatic heterocycles. The summed E-state index contributed by atoms with van der Waals surface area (Å²) in [7, 11) is 4.02. The van der Waals surface area contributed by atoms with Crippen molar-refractivity contribution in [2.75, 3.05) is 7.11 Å². The Bertz CT molecular complexity index is 925. The van der Waals surface area contributed by atoms with Gasteiger partial charge in [0.25, 0.3) is 13.0 Å². The van der Waals surface area contributed by atoms with Crippen LogP contribution in [-0.4, -0.2) is 41.9 Å². The maximum Gasteiger partial charge on any atom is 0.335 e. The van der Waals surface area contributed by atoms with Gasteiger partial charge in [-0.25, -0.2) is 9.36 Å². The van der Waals surface area contributed by atoms with Gasteiger partial charge in [0.05, 0.1) is 19.0 Å². The molecular formula is C18H21BN3O5. The van der Waals surface area contributed by atoms with Gasteiger partial charge >= 0.3 is 11.7 Å². The largest absolute Gasteiger partial charge is 0.468 e. The van der Waals surface area contributed by atoms with Crippen LogP contribution in [0.15, 0.2) is 33.9 Å². The predicted molar refractivity (Wildman–Crippen MR) is 102 cm³/mol. The molecule has 141 valence electrons. The van der Waals surface area contributed by atoms with Crippen molar-refractivity contribution in [3.63, 3.8) is 0 Å². The van der Waals surface area contributed by atoms with Crippen LogP contribution in [0.25, 0.3) is 5.69 Å². The maximum absolute atomic E-state index is 12.5. The number of carbonyl (C=O) groups excluding carboxylic acids is 2. The second-order valence-corrected chi connectivity index (χ2v) is 6.11. The molecule has 2 aromatic rings. The SMILES string of the molecule is COC(=O)[C@H](Cc1ccc(-n2c(=O)c(C)c(C)n(C)c2=O)cc1)N[B]C=O. The van der Waals surface area contributed by atoms with Crippen molar-refractivity contribution < 1.29 is 14.3 Å². The van der Waals surface area contributed by atoms with Crippen molar-refractivity contribution in [3.8, 4) is 5.69 Å². The molecule has 0 amide bonds. The second kappa shape index (κ2) is 8.63. The standard InChI is InChI=1S/C18H21BN3O5/c1-11-12(2)21(3)18(26)22(16(11)24)14-7-5-13(6-8-14)9-15(17(25)27-4)20-19-10-23/h5-8,10,15,20H,9H2,1-4H3/t15-/m0/s1. The van der Waals surface area contributed by atoms with E-state index in [1.165, 1.54) is 11.7 Å². The van der Waals surface area contributed by atoms with E-state index < -0.39 is 17.7 Å². The van der Waals surface area contributed by atoms with E-state index in [2.05, 4.69) is 5.23 Å². The molecule has 0 aliphatic rings. The van der Waals surface area contributed by atoms with Crippen LogP contribution in [0.3, 0.4) is 0 Å². The van der Waals surface area contributed by atoms with Gasteiger partial charge in [0, 0.05) is 18.3 Å². The molecule has 0 saturated carbocycles. The van der Waals surface area contributed by atoms with Crippen LogP contribution >= 0.6 is 0 Å². The van der Waals surface area contributed by atoms with E-state index in [0.717, 1.165) is 17.5 Å². The maximum atomic E-state index is 12.5. The molecule has 0 saturated heterocycles. The minimum Gasteiger partial charge on any atom is -0.468 e. The summed E-state index contributed by atoms with van der Waals surface area (Å²) in [5.41, 5.74) is 1.55. The Kier molecular flexibility index (Phi) is 6.52. The number of ether oxygens (including phenoxy) is 1. The lowest BCUT2D eigenvalue weighted by molar-refractivity contribution is -0.142. The first kappa shape index (κ1) is 20.4. The van der Waals surface area contributed by atoms with Crippen LogP contribution in [0.1, 0.15) is 16.8 Å². The molecular weight excluding hydrogens is 349 g/mol. The summed E-state index contributed by atoms with van der Waals surface area (Å²) in [5, 5.41) is 2.68. The summed E-state index contributed by atoms with van der Waals surface area (Å²) >= 11 is 0. The Morgan fingerprint density at radius 1 is 1.26 bits per heavy atom. The normalized spacial score (nSPS) is 11.7. The fourth-order valence-corrected chi connectivity index (χ4v) is 2.71. The van der Waals surface area contributed by atoms with Gasteiger partial charge in [-0.05, 0) is 38.0 Å². The highest BCUT2D eigenvalue weighted by Crippen LogP contribution is 2.10. The van der Waals surface area contributed by atoms with Gasteiger partial charge in [-0.3, -0.25) is 9.59 Å². The molecule has 1 radical (unpaired) electrons. The highest BCUT2D eigenvalue weighted by molar-refractivity contribution is 6.64. The summed E-state index contributed by atoms with van der Waals surface area (Å²) in [4.78, 5) is 47.3. The van der Waals surface area contributed by atoms with Crippen LogP contribution in [-0.2, 0) is 27.8 Å². The van der Waals surface area contributed by atoms with Gasteiger partial charge in [-0.15, -0.1) is 0 Å². The zero-order chi connectivity index (χ0) is 20.1. The van der Waals surface area contributed by atoms with Crippen molar-refractivity contribution in [2.24, 2.45) is 7.05 Å². The second-order valence-electron chi connectivity index (χ2n) is 6.11. The number of hydrogen-bond acceptors (Lipinski definition) is 6. The van der Waals surface area contributed by atoms with E-state index >= 15 is 0 Å². The Morgan fingerprint density at radius 3 is 2.44 bits per heavy atom. The van der Waals surface area contributed by atoms with Crippen LogP contribution in [0, 0.1) is 13.8 Å². The number of carbonyl (C=O) groups is 2. The molecule has 9 heteroatoms. The highest BCUT2D eigenvalue weighted by Gasteiger charge is 2.19. The summed E-state index contributed by atoms with van der Waals surface area (Å²) in [6.45, 7) is 3.40. The number of nitrogens with one attached hydrogen (secondary N) is 1. The Morgan fingerprint density at radius 2 is 1.89 bits per heavy atom. The summed E-state index contributed by atoms with van der Waals surface area (Å²) in [6.07, 6.45) is 0.818. The third-order valence-electron chi connectivity index (χ3n) is 4.53. The van der Waals surface area contributed by atoms with E-state index in [-0.39, 0.29) is 12.0 Å². The first-order valence-electron chi connectivity index (χ1n) is 8.31. The third-order valence-corrected chi connectivity index (χ3v) is 4.53. The molecule has 8 nitrogen and oxygen atoms in total. The minimum atomic E-state index is -0.719. The molecule has 0 spiro atoms. The summed E-state index contributed by atoms with van der Waals surface area (Å²) < 4.78 is 7.26. The van der Waals surface area contributed by atoms with E-state index in [4.69, 9.17) is 4.74 Å². The number of hydrogen-bond donors (Lipinski definition) is 1. The van der Waals surface area contributed by atoms with Gasteiger partial charge < -0.3 is 19.3 Å². The van der Waals surface area contributed by atoms with E-state index in [1.54, 1.807) is 45.2 Å². The fraction of sp³-hybridized carbons (Fsp3) is 0.333. The van der Waals surface area contributed by atoms with Gasteiger partial charge in [-0.1, -0.05) is 12.1 Å². The first-order valence-corrected chi connectivity index (χ1v) is 8.31. The van der Waals surface area contributed by atoms with Crippen molar-refractivity contribution in [1.82, 2.24) is 14.4 Å². The highest BCUT2D eigenvalue weighted by atomic mass is 16.5. The zero-order valence-electron chi connectivity index (χ0n) is 15.7. The number of methoxy groups -OCH3 is 1. The molecule has 1 atom stereocenters. The molecule has 0 bridgehead atoms. The number of aromatic nitrogens is 2. The molecule has 27 heavy (non-hydrogen) atoms. The lowest BCUT2D eigenvalue weighted by Gasteiger charge is -2.16. The third kappa shape index (κ3) is 4.25. The van der Waals surface area contributed by atoms with E-state index in [9.17, 15) is 19.2 Å². The number of benzene rings is 1. The number of rotatable bonds is 7. The van der Waals surface area contributed by atoms with E-state index in [0.29, 0.717) is 23.1 Å². The smallest absolute Gasteiger partial charge is 0.335 e. The zero-order valence-corrected chi connectivity index (χ0v) is 15.7. The quantitative estimate of drug-likeness (QED) is 0.406. The Labute approximate surface area is 157 Å². The van der Waals surface area contributed by atoms with Gasteiger partial charge in [0.15, 0.2) is 0 Å². The van der Waals surface area contributed by atoms with Crippen LogP contribution in [0.5, 0.6) is 0 Å². The average molecular weight is 370 g/mol. The summed E-state index contributed by atoms with van der Waals surface area (Å²) in [5.74, 6) is -0.503. The van der Waals surface area contributed by atoms with Crippen molar-refractivity contribution >= 4 is 19.6 Å². The fourth-order valence-electron chi connectivity index (χ4n) is 2.71. The van der Waals surface area contributed by atoms with Crippen molar-refractivity contribution in [3.05, 3.63) is 61.9 Å². The van der Waals surface area contributed by atoms with Crippen molar-refractivity contribution in [2.45, 2.75) is 26.3 Å². The van der Waals surface area contributed by atoms with Crippen LogP contribution in [0.2, 0.25) is 0 Å². The predicted octanol–water partition coefficient (Wildman–Crippen LogP) is -0.364. The molecule has 0 fully saturated rings. The molecule has 1 aromatic heterocycles. The first-order chi connectivity index (χ1) is 12.8. The van der Waals surface area contributed by atoms with Crippen LogP contribution in [0.4, 0.5) is 0 Å². The molecule has 2 rings (SSSR count). The molecule has 1 heterocycles. The molecule has 1 aromatic carbocycles. The molecule has 0 unspecified atom stereocenters. The van der Waals surface area contributed by atoms with Gasteiger partial charge in [0.1, 0.15) is 6.04 Å². The lowest BCUT2D eigenvalue weighted by atomic mass is 9.94. The molecule has 0 aliphatic carbocycles. The monoisotopic (exact) mass is 370 g/mol. The Balaban J connectivity index is 2.36. The van der Waals surface area contributed by atoms with Crippen LogP contribution < -0.4 is 16.5 Å². The van der Waals surface area contributed by atoms with Gasteiger partial charge in [0.2, 0.25) is 0 Å². The number of esters is 1. The van der Waals surface area contributed by atoms with E-state index in [1.807, 2.05) is 0 Å². The topological polar surface area (TPSA) is 99.4 Å². The molecule has 1 N–H and O–H groups in total. The average Bonchev–Trinajstić information content (AvgIpc) is 2.68. The number of nitrogens with zero attached hydrogens (tertiary/aromatic N) is 2. The summed E-state index contributed by atoms with van der Waals surface area (Å²) in [6, 6.07) is 6.00. The lowest BCUT2D eigenvalue weighted by Crippen LogP contribution is -2.42. The minimum absolute atomic E-state index is 0.275. The van der Waals surface area contributed by atoms with Crippen molar-refractivity contribution in [1.29, 1.82) is 0 Å². The van der Waals surface area contributed by atoms with Gasteiger partial charge in [-0.2, -0.15) is 0 Å². The Hall–Kier alpha value is -2.94.